The number of ether oxygens (including phenoxy) is 1. The highest BCUT2D eigenvalue weighted by atomic mass is 16.5. The first kappa shape index (κ1) is 5.42. The number of carbonyl (C=O) groups is 1. The Morgan fingerprint density at radius 3 is 2.44 bits per heavy atom. The molecule has 1 heterocycles. The van der Waals surface area contributed by atoms with Gasteiger partial charge in [0.1, 0.15) is 6.29 Å². The van der Waals surface area contributed by atoms with E-state index < -0.39 is 0 Å². The van der Waals surface area contributed by atoms with Crippen molar-refractivity contribution in [1.82, 2.24) is 0 Å². The van der Waals surface area contributed by atoms with Crippen LogP contribution in [0, 0.1) is 11.3 Å². The largest absolute Gasteiger partial charge is 0.380 e. The molecule has 0 bridgehead atoms. The predicted octanol–water partition coefficient (Wildman–Crippen LogP) is 0.612. The summed E-state index contributed by atoms with van der Waals surface area (Å²) in [5, 5.41) is 0. The molecule has 1 aliphatic carbocycles. The Bertz CT molecular complexity index is 130. The maximum atomic E-state index is 10.2. The van der Waals surface area contributed by atoms with Crippen LogP contribution in [0.1, 0.15) is 12.8 Å². The second-order valence-electron chi connectivity index (χ2n) is 3.30. The van der Waals surface area contributed by atoms with Gasteiger partial charge in [0.15, 0.2) is 0 Å². The molecule has 50 valence electrons. The predicted molar refractivity (Wildman–Crippen MR) is 32.0 cm³/mol. The van der Waals surface area contributed by atoms with Crippen molar-refractivity contribution in [3.63, 3.8) is 0 Å². The Morgan fingerprint density at radius 1 is 1.44 bits per heavy atom. The van der Waals surface area contributed by atoms with Crippen molar-refractivity contribution in [3.05, 3.63) is 0 Å². The summed E-state index contributed by atoms with van der Waals surface area (Å²) in [6, 6.07) is 0. The monoisotopic (exact) mass is 126 g/mol. The molecule has 0 atom stereocenters. The lowest BCUT2D eigenvalue weighted by Gasteiger charge is -2.51. The van der Waals surface area contributed by atoms with Crippen LogP contribution in [-0.2, 0) is 9.53 Å². The third-order valence-electron chi connectivity index (χ3n) is 2.40. The summed E-state index contributed by atoms with van der Waals surface area (Å²) in [6.45, 7) is 1.80. The van der Waals surface area contributed by atoms with Crippen LogP contribution in [0.15, 0.2) is 0 Å². The van der Waals surface area contributed by atoms with E-state index in [2.05, 4.69) is 0 Å². The first-order chi connectivity index (χ1) is 4.35. The molecule has 2 aliphatic rings. The van der Waals surface area contributed by atoms with E-state index in [1.165, 1.54) is 0 Å². The van der Waals surface area contributed by atoms with Crippen molar-refractivity contribution in [2.24, 2.45) is 11.3 Å². The zero-order valence-corrected chi connectivity index (χ0v) is 5.30. The second-order valence-corrected chi connectivity index (χ2v) is 3.30. The van der Waals surface area contributed by atoms with Crippen LogP contribution in [0.5, 0.6) is 0 Å². The zero-order chi connectivity index (χ0) is 6.32. The fourth-order valence-electron chi connectivity index (χ4n) is 1.78. The van der Waals surface area contributed by atoms with Crippen molar-refractivity contribution in [2.45, 2.75) is 12.8 Å². The minimum atomic E-state index is 0.355. The van der Waals surface area contributed by atoms with E-state index in [4.69, 9.17) is 4.74 Å². The van der Waals surface area contributed by atoms with Crippen LogP contribution >= 0.6 is 0 Å². The highest BCUT2D eigenvalue weighted by molar-refractivity contribution is 5.55. The fraction of sp³-hybridized carbons (Fsp3) is 0.857. The first-order valence-electron chi connectivity index (χ1n) is 3.38. The van der Waals surface area contributed by atoms with E-state index >= 15 is 0 Å². The average molecular weight is 126 g/mol. The van der Waals surface area contributed by atoms with Crippen LogP contribution < -0.4 is 0 Å². The summed E-state index contributed by atoms with van der Waals surface area (Å²) in [4.78, 5) is 10.2. The zero-order valence-electron chi connectivity index (χ0n) is 5.30. The molecule has 2 rings (SSSR count). The lowest BCUT2D eigenvalue weighted by Crippen LogP contribution is -2.52. The standard InChI is InChI=1S/C7H10O2/c8-3-6-1-7(2-6)4-9-5-7/h3,6H,1-2,4-5H2. The molecule has 0 aromatic carbocycles. The number of carbonyl (C=O) groups excluding carboxylic acids is 1. The Hall–Kier alpha value is -0.370. The Morgan fingerprint density at radius 2 is 2.11 bits per heavy atom. The lowest BCUT2D eigenvalue weighted by molar-refractivity contribution is -0.178. The van der Waals surface area contributed by atoms with Gasteiger partial charge in [-0.05, 0) is 12.8 Å². The van der Waals surface area contributed by atoms with E-state index in [1.54, 1.807) is 0 Å². The van der Waals surface area contributed by atoms with E-state index in [9.17, 15) is 4.79 Å². The van der Waals surface area contributed by atoms with Gasteiger partial charge in [-0.15, -0.1) is 0 Å². The summed E-state index contributed by atoms with van der Waals surface area (Å²) in [5.41, 5.74) is 0.464. The highest BCUT2D eigenvalue weighted by Crippen LogP contribution is 2.49. The molecule has 9 heavy (non-hydrogen) atoms. The Balaban J connectivity index is 1.88. The highest BCUT2D eigenvalue weighted by Gasteiger charge is 2.49. The van der Waals surface area contributed by atoms with Gasteiger partial charge in [0, 0.05) is 11.3 Å². The van der Waals surface area contributed by atoms with Gasteiger partial charge in [-0.25, -0.2) is 0 Å². The SMILES string of the molecule is O=CC1CC2(COC2)C1. The molecule has 0 radical (unpaired) electrons. The van der Waals surface area contributed by atoms with Crippen molar-refractivity contribution in [3.8, 4) is 0 Å². The van der Waals surface area contributed by atoms with E-state index in [1.807, 2.05) is 0 Å². The minimum absolute atomic E-state index is 0.355. The second kappa shape index (κ2) is 1.57. The van der Waals surface area contributed by atoms with Gasteiger partial charge in [0.05, 0.1) is 13.2 Å². The number of rotatable bonds is 1. The van der Waals surface area contributed by atoms with Crippen LogP contribution in [0.4, 0.5) is 0 Å². The van der Waals surface area contributed by atoms with Crippen LogP contribution in [0.2, 0.25) is 0 Å². The molecule has 1 saturated heterocycles. The van der Waals surface area contributed by atoms with E-state index in [-0.39, 0.29) is 0 Å². The van der Waals surface area contributed by atoms with Crippen molar-refractivity contribution in [1.29, 1.82) is 0 Å². The van der Waals surface area contributed by atoms with E-state index in [0.29, 0.717) is 11.3 Å². The summed E-state index contributed by atoms with van der Waals surface area (Å²) < 4.78 is 5.06. The third kappa shape index (κ3) is 0.628. The van der Waals surface area contributed by atoms with Crippen LogP contribution in [0.25, 0.3) is 0 Å². The Kier molecular flexibility index (Phi) is 0.943. The van der Waals surface area contributed by atoms with Crippen molar-refractivity contribution < 1.29 is 9.53 Å². The molecule has 0 aromatic rings. The average Bonchev–Trinajstić information content (AvgIpc) is 1.59. The van der Waals surface area contributed by atoms with Gasteiger partial charge in [-0.3, -0.25) is 0 Å². The van der Waals surface area contributed by atoms with Crippen molar-refractivity contribution >= 4 is 6.29 Å². The van der Waals surface area contributed by atoms with Crippen molar-refractivity contribution in [2.75, 3.05) is 13.2 Å². The molecule has 1 aliphatic heterocycles. The third-order valence-corrected chi connectivity index (χ3v) is 2.40. The van der Waals surface area contributed by atoms with Gasteiger partial charge in [-0.1, -0.05) is 0 Å². The van der Waals surface area contributed by atoms with Crippen LogP contribution in [0.3, 0.4) is 0 Å². The summed E-state index contributed by atoms with van der Waals surface area (Å²) in [7, 11) is 0. The molecule has 1 saturated carbocycles. The van der Waals surface area contributed by atoms with Gasteiger partial charge in [0.25, 0.3) is 0 Å². The molecule has 2 heteroatoms. The summed E-state index contributed by atoms with van der Waals surface area (Å²) >= 11 is 0. The fourth-order valence-corrected chi connectivity index (χ4v) is 1.78. The maximum absolute atomic E-state index is 10.2. The minimum Gasteiger partial charge on any atom is -0.380 e. The number of aldehydes is 1. The number of hydrogen-bond acceptors (Lipinski definition) is 2. The Labute approximate surface area is 54.2 Å². The molecule has 0 aromatic heterocycles. The van der Waals surface area contributed by atoms with Gasteiger partial charge in [-0.2, -0.15) is 0 Å². The van der Waals surface area contributed by atoms with Crippen LogP contribution in [-0.4, -0.2) is 19.5 Å². The van der Waals surface area contributed by atoms with E-state index in [0.717, 1.165) is 32.3 Å². The molecule has 0 N–H and O–H groups in total. The molecule has 0 amide bonds. The number of hydrogen-bond donors (Lipinski definition) is 0. The smallest absolute Gasteiger partial charge is 0.123 e. The van der Waals surface area contributed by atoms with Gasteiger partial charge >= 0.3 is 0 Å². The maximum Gasteiger partial charge on any atom is 0.123 e. The van der Waals surface area contributed by atoms with Gasteiger partial charge < -0.3 is 9.53 Å². The van der Waals surface area contributed by atoms with Gasteiger partial charge in [0.2, 0.25) is 0 Å². The lowest BCUT2D eigenvalue weighted by atomic mass is 9.61. The first-order valence-corrected chi connectivity index (χ1v) is 3.38. The molecule has 1 spiro atoms. The summed E-state index contributed by atoms with van der Waals surface area (Å²) in [5.74, 6) is 0.355. The quantitative estimate of drug-likeness (QED) is 0.481. The molecule has 2 nitrogen and oxygen atoms in total. The molecular formula is C7H10O2. The molecule has 0 unspecified atom stereocenters. The molecular weight excluding hydrogens is 116 g/mol. The summed E-state index contributed by atoms with van der Waals surface area (Å²) in [6.07, 6.45) is 3.23. The molecule has 2 fully saturated rings. The normalized spacial score (nSPS) is 31.1. The topological polar surface area (TPSA) is 26.3 Å².